The van der Waals surface area contributed by atoms with Gasteiger partial charge in [0.25, 0.3) is 0 Å². The summed E-state index contributed by atoms with van der Waals surface area (Å²) in [6.45, 7) is 7.14. The molecule has 2 aromatic heterocycles. The average Bonchev–Trinajstić information content (AvgIpc) is 3.41. The van der Waals surface area contributed by atoms with Crippen molar-refractivity contribution in [1.82, 2.24) is 24.1 Å². The van der Waals surface area contributed by atoms with Gasteiger partial charge in [0.1, 0.15) is 5.82 Å². The van der Waals surface area contributed by atoms with Crippen molar-refractivity contribution in [3.05, 3.63) is 48.4 Å². The molecule has 0 radical (unpaired) electrons. The van der Waals surface area contributed by atoms with E-state index in [1.807, 2.05) is 43.5 Å². The number of nitrogens with one attached hydrogen (secondary N) is 2. The summed E-state index contributed by atoms with van der Waals surface area (Å²) in [6, 6.07) is 10.6. The van der Waals surface area contributed by atoms with Gasteiger partial charge in [-0.15, -0.1) is 0 Å². The zero-order chi connectivity index (χ0) is 23.6. The Hall–Kier alpha value is -3.24. The minimum Gasteiger partial charge on any atom is -0.328 e. The second-order valence-corrected chi connectivity index (χ2v) is 9.67. The molecular formula is C23H28N6O3S. The fourth-order valence-electron chi connectivity index (χ4n) is 4.05. The van der Waals surface area contributed by atoms with Crippen molar-refractivity contribution in [2.75, 3.05) is 18.4 Å². The molecule has 174 valence electrons. The van der Waals surface area contributed by atoms with Crippen molar-refractivity contribution in [1.29, 1.82) is 0 Å². The number of aryl methyl sites for hydroxylation is 2. The van der Waals surface area contributed by atoms with E-state index in [1.165, 1.54) is 4.31 Å². The summed E-state index contributed by atoms with van der Waals surface area (Å²) in [5.41, 5.74) is 3.10. The Morgan fingerprint density at radius 1 is 1.12 bits per heavy atom. The van der Waals surface area contributed by atoms with Crippen molar-refractivity contribution in [3.63, 3.8) is 0 Å². The van der Waals surface area contributed by atoms with Gasteiger partial charge in [-0.3, -0.25) is 9.89 Å². The number of imidazole rings is 1. The van der Waals surface area contributed by atoms with E-state index >= 15 is 0 Å². The Kier molecular flexibility index (Phi) is 6.48. The molecule has 0 unspecified atom stereocenters. The van der Waals surface area contributed by atoms with Crippen molar-refractivity contribution in [2.45, 2.75) is 45.1 Å². The largest absolute Gasteiger partial charge is 0.328 e. The molecule has 1 amide bonds. The fourth-order valence-corrected chi connectivity index (χ4v) is 5.52. The first kappa shape index (κ1) is 22.9. The van der Waals surface area contributed by atoms with Crippen LogP contribution in [-0.2, 0) is 27.8 Å². The monoisotopic (exact) mass is 468 g/mol. The normalized spacial score (nSPS) is 12.1. The minimum absolute atomic E-state index is 0.114. The molecule has 0 atom stereocenters. The van der Waals surface area contributed by atoms with E-state index in [0.29, 0.717) is 37.3 Å². The first-order valence-corrected chi connectivity index (χ1v) is 12.5. The van der Waals surface area contributed by atoms with Crippen LogP contribution in [0.2, 0.25) is 0 Å². The van der Waals surface area contributed by atoms with Gasteiger partial charge >= 0.3 is 0 Å². The quantitative estimate of drug-likeness (QED) is 0.390. The minimum atomic E-state index is -3.56. The van der Waals surface area contributed by atoms with Gasteiger partial charge < -0.3 is 9.88 Å². The molecule has 0 fully saturated rings. The van der Waals surface area contributed by atoms with E-state index in [-0.39, 0.29) is 17.2 Å². The van der Waals surface area contributed by atoms with Gasteiger partial charge in [0.05, 0.1) is 27.6 Å². The van der Waals surface area contributed by atoms with Gasteiger partial charge in [0.2, 0.25) is 15.9 Å². The number of sulfonamides is 1. The zero-order valence-corrected chi connectivity index (χ0v) is 19.8. The summed E-state index contributed by atoms with van der Waals surface area (Å²) < 4.78 is 29.2. The highest BCUT2D eigenvalue weighted by atomic mass is 32.2. The number of carbonyl (C=O) groups excluding carboxylic acids is 1. The third-order valence-corrected chi connectivity index (χ3v) is 7.80. The van der Waals surface area contributed by atoms with Crippen LogP contribution in [0.25, 0.3) is 21.9 Å². The number of aromatic amines is 1. The number of hydrogen-bond donors (Lipinski definition) is 2. The van der Waals surface area contributed by atoms with Gasteiger partial charge in [-0.1, -0.05) is 13.8 Å². The topological polar surface area (TPSA) is 113 Å². The maximum atomic E-state index is 12.9. The van der Waals surface area contributed by atoms with E-state index in [0.717, 1.165) is 22.2 Å². The molecule has 0 aliphatic heterocycles. The summed E-state index contributed by atoms with van der Waals surface area (Å²) in [6.07, 6.45) is 2.42. The molecule has 4 aromatic rings. The molecule has 0 saturated heterocycles. The predicted octanol–water partition coefficient (Wildman–Crippen LogP) is 3.53. The average molecular weight is 469 g/mol. The Balaban J connectivity index is 1.52. The van der Waals surface area contributed by atoms with Crippen LogP contribution in [0.5, 0.6) is 0 Å². The van der Waals surface area contributed by atoms with Crippen molar-refractivity contribution < 1.29 is 13.2 Å². The highest BCUT2D eigenvalue weighted by molar-refractivity contribution is 7.89. The Morgan fingerprint density at radius 2 is 1.91 bits per heavy atom. The molecule has 4 rings (SSSR count). The van der Waals surface area contributed by atoms with Crippen molar-refractivity contribution >= 4 is 43.6 Å². The third kappa shape index (κ3) is 4.49. The summed E-state index contributed by atoms with van der Waals surface area (Å²) >= 11 is 0. The van der Waals surface area contributed by atoms with E-state index < -0.39 is 10.0 Å². The van der Waals surface area contributed by atoms with Crippen LogP contribution in [0.1, 0.15) is 33.0 Å². The summed E-state index contributed by atoms with van der Waals surface area (Å²) in [5.74, 6) is 0.641. The number of nitrogens with zero attached hydrogens (tertiary/aromatic N) is 4. The van der Waals surface area contributed by atoms with Gasteiger partial charge in [-0.25, -0.2) is 13.4 Å². The molecule has 0 aliphatic carbocycles. The number of aromatic nitrogens is 4. The highest BCUT2D eigenvalue weighted by Crippen LogP contribution is 2.24. The predicted molar refractivity (Wildman–Crippen MR) is 129 cm³/mol. The molecular weight excluding hydrogens is 440 g/mol. The lowest BCUT2D eigenvalue weighted by atomic mass is 10.2. The number of fused-ring (bicyclic) bond motifs is 2. The van der Waals surface area contributed by atoms with Gasteiger partial charge in [-0.05, 0) is 43.3 Å². The maximum absolute atomic E-state index is 12.9. The second kappa shape index (κ2) is 9.32. The van der Waals surface area contributed by atoms with Crippen LogP contribution in [0.15, 0.2) is 47.5 Å². The molecule has 0 saturated carbocycles. The number of anilines is 1. The molecule has 33 heavy (non-hydrogen) atoms. The number of amides is 1. The van der Waals surface area contributed by atoms with Crippen LogP contribution in [-0.4, -0.2) is 51.5 Å². The smallest absolute Gasteiger partial charge is 0.243 e. The van der Waals surface area contributed by atoms with Gasteiger partial charge in [0.15, 0.2) is 0 Å². The lowest BCUT2D eigenvalue weighted by Crippen LogP contribution is -2.30. The zero-order valence-electron chi connectivity index (χ0n) is 19.0. The molecule has 0 aliphatic rings. The van der Waals surface area contributed by atoms with E-state index in [4.69, 9.17) is 0 Å². The van der Waals surface area contributed by atoms with Gasteiger partial charge in [0, 0.05) is 43.5 Å². The van der Waals surface area contributed by atoms with Crippen LogP contribution in [0.4, 0.5) is 5.69 Å². The number of H-pyrrole nitrogens is 1. The number of benzene rings is 2. The molecule has 2 heterocycles. The lowest BCUT2D eigenvalue weighted by Gasteiger charge is -2.18. The van der Waals surface area contributed by atoms with Crippen LogP contribution >= 0.6 is 0 Å². The first-order valence-electron chi connectivity index (χ1n) is 11.1. The highest BCUT2D eigenvalue weighted by Gasteiger charge is 2.23. The Labute approximate surface area is 192 Å². The number of hydrogen-bond acceptors (Lipinski definition) is 5. The molecule has 2 aromatic carbocycles. The second-order valence-electron chi connectivity index (χ2n) is 7.73. The maximum Gasteiger partial charge on any atom is 0.243 e. The Bertz CT molecular complexity index is 1400. The summed E-state index contributed by atoms with van der Waals surface area (Å²) in [7, 11) is -3.56. The third-order valence-electron chi connectivity index (χ3n) is 5.76. The molecule has 10 heteroatoms. The van der Waals surface area contributed by atoms with Crippen LogP contribution in [0.3, 0.4) is 0 Å². The first-order chi connectivity index (χ1) is 15.9. The SMILES string of the molecule is CCN(CC)S(=O)(=O)c1ccc2c(c1)nc(CCC(=O)Nc1ccc3[nH]ncc3c1)n2CC. The van der Waals surface area contributed by atoms with Gasteiger partial charge in [-0.2, -0.15) is 9.40 Å². The molecule has 2 N–H and O–H groups in total. The summed E-state index contributed by atoms with van der Waals surface area (Å²) in [4.78, 5) is 17.4. The fraction of sp³-hybridized carbons (Fsp3) is 0.348. The van der Waals surface area contributed by atoms with E-state index in [2.05, 4.69) is 20.5 Å². The molecule has 0 bridgehead atoms. The number of carbonyl (C=O) groups is 1. The van der Waals surface area contributed by atoms with Crippen LogP contribution in [0, 0.1) is 0 Å². The van der Waals surface area contributed by atoms with E-state index in [1.54, 1.807) is 24.4 Å². The van der Waals surface area contributed by atoms with Crippen LogP contribution < -0.4 is 5.32 Å². The van der Waals surface area contributed by atoms with Crippen molar-refractivity contribution in [2.24, 2.45) is 0 Å². The lowest BCUT2D eigenvalue weighted by molar-refractivity contribution is -0.116. The van der Waals surface area contributed by atoms with Crippen molar-refractivity contribution in [3.8, 4) is 0 Å². The Morgan fingerprint density at radius 3 is 2.64 bits per heavy atom. The van der Waals surface area contributed by atoms with E-state index in [9.17, 15) is 13.2 Å². The standard InChI is InChI=1S/C23H28N6O3S/c1-4-28(5-2)33(31,32)18-8-10-21-20(14-18)26-22(29(21)6-3)11-12-23(30)25-17-7-9-19-16(13-17)15-24-27-19/h7-10,13-15H,4-6,11-12H2,1-3H3,(H,24,27)(H,25,30). The number of rotatable bonds is 9. The summed E-state index contributed by atoms with van der Waals surface area (Å²) in [5, 5.41) is 10.7. The molecule has 9 nitrogen and oxygen atoms in total. The molecule has 0 spiro atoms.